The van der Waals surface area contributed by atoms with Crippen LogP contribution in [0.4, 0.5) is 0 Å². The Bertz CT molecular complexity index is 724. The van der Waals surface area contributed by atoms with Crippen molar-refractivity contribution in [2.75, 3.05) is 0 Å². The van der Waals surface area contributed by atoms with Gasteiger partial charge < -0.3 is 4.42 Å². The zero-order valence-electron chi connectivity index (χ0n) is 10.7. The fraction of sp³-hybridized carbons (Fsp3) is 0.286. The predicted octanol–water partition coefficient (Wildman–Crippen LogP) is 3.29. The second-order valence-corrected chi connectivity index (χ2v) is 6.97. The number of sulfonamides is 1. The van der Waals surface area contributed by atoms with E-state index in [2.05, 4.69) is 4.72 Å². The Balaban J connectivity index is 1.89. The van der Waals surface area contributed by atoms with E-state index >= 15 is 0 Å². The Morgan fingerprint density at radius 2 is 2.15 bits per heavy atom. The zero-order chi connectivity index (χ0) is 14.2. The minimum absolute atomic E-state index is 0.181. The molecule has 1 heterocycles. The van der Waals surface area contributed by atoms with E-state index < -0.39 is 10.0 Å². The molecule has 1 N–H and O–H groups in total. The highest BCUT2D eigenvalue weighted by atomic mass is 35.5. The van der Waals surface area contributed by atoms with Crippen LogP contribution >= 0.6 is 11.6 Å². The van der Waals surface area contributed by atoms with Gasteiger partial charge in [0.15, 0.2) is 0 Å². The number of aryl methyl sites for hydroxylation is 1. The first-order valence-corrected chi connectivity index (χ1v) is 8.26. The van der Waals surface area contributed by atoms with Crippen LogP contribution in [0.1, 0.15) is 30.2 Å². The van der Waals surface area contributed by atoms with E-state index in [4.69, 9.17) is 16.0 Å². The van der Waals surface area contributed by atoms with Crippen LogP contribution in [0.3, 0.4) is 0 Å². The predicted molar refractivity (Wildman–Crippen MR) is 76.2 cm³/mol. The number of furan rings is 1. The van der Waals surface area contributed by atoms with Crippen LogP contribution in [0.2, 0.25) is 5.02 Å². The third-order valence-electron chi connectivity index (χ3n) is 3.46. The standard InChI is InChI=1S/C14H14ClNO3S/c15-10-3-1-4-11(9-10)20(17,18)16-13-5-2-6-14-12(13)7-8-19-14/h1,3-4,7-9,13,16H,2,5-6H2/t13-/m0/s1. The molecule has 106 valence electrons. The van der Waals surface area contributed by atoms with Gasteiger partial charge in [0.05, 0.1) is 17.2 Å². The molecule has 1 aromatic heterocycles. The van der Waals surface area contributed by atoms with E-state index in [0.717, 1.165) is 30.6 Å². The fourth-order valence-electron chi connectivity index (χ4n) is 2.50. The Morgan fingerprint density at radius 3 is 2.95 bits per heavy atom. The van der Waals surface area contributed by atoms with E-state index in [9.17, 15) is 8.42 Å². The summed E-state index contributed by atoms with van der Waals surface area (Å²) in [4.78, 5) is 0.181. The first-order valence-electron chi connectivity index (χ1n) is 6.40. The van der Waals surface area contributed by atoms with E-state index in [1.807, 2.05) is 6.07 Å². The van der Waals surface area contributed by atoms with Gasteiger partial charge in [-0.15, -0.1) is 0 Å². The van der Waals surface area contributed by atoms with Gasteiger partial charge in [-0.1, -0.05) is 17.7 Å². The van der Waals surface area contributed by atoms with Crippen LogP contribution in [0.25, 0.3) is 0 Å². The zero-order valence-corrected chi connectivity index (χ0v) is 12.2. The van der Waals surface area contributed by atoms with E-state index in [-0.39, 0.29) is 10.9 Å². The molecule has 2 aromatic rings. The second kappa shape index (κ2) is 5.24. The van der Waals surface area contributed by atoms with Crippen molar-refractivity contribution in [2.24, 2.45) is 0 Å². The molecular formula is C14H14ClNO3S. The molecule has 0 radical (unpaired) electrons. The Kier molecular flexibility index (Phi) is 3.58. The molecule has 4 nitrogen and oxygen atoms in total. The van der Waals surface area contributed by atoms with Crippen LogP contribution in [-0.2, 0) is 16.4 Å². The van der Waals surface area contributed by atoms with Crippen molar-refractivity contribution in [2.45, 2.75) is 30.2 Å². The number of benzene rings is 1. The molecule has 0 saturated heterocycles. The third kappa shape index (κ3) is 2.61. The highest BCUT2D eigenvalue weighted by Gasteiger charge is 2.27. The summed E-state index contributed by atoms with van der Waals surface area (Å²) in [5.74, 6) is 0.870. The molecule has 0 aliphatic heterocycles. The molecule has 1 atom stereocenters. The lowest BCUT2D eigenvalue weighted by molar-refractivity contribution is 0.438. The van der Waals surface area contributed by atoms with Gasteiger partial charge in [-0.25, -0.2) is 13.1 Å². The number of rotatable bonds is 3. The van der Waals surface area contributed by atoms with E-state index in [1.165, 1.54) is 12.1 Å². The first-order chi connectivity index (χ1) is 9.56. The van der Waals surface area contributed by atoms with Crippen molar-refractivity contribution < 1.29 is 12.8 Å². The number of hydrogen-bond donors (Lipinski definition) is 1. The van der Waals surface area contributed by atoms with Crippen molar-refractivity contribution in [3.05, 3.63) is 52.9 Å². The summed E-state index contributed by atoms with van der Waals surface area (Å²) in [6, 6.07) is 7.85. The summed E-state index contributed by atoms with van der Waals surface area (Å²) in [6.07, 6.45) is 4.14. The molecule has 0 amide bonds. The van der Waals surface area contributed by atoms with Crippen LogP contribution in [0.5, 0.6) is 0 Å². The monoisotopic (exact) mass is 311 g/mol. The maximum Gasteiger partial charge on any atom is 0.241 e. The van der Waals surface area contributed by atoms with Crippen molar-refractivity contribution in [1.82, 2.24) is 4.72 Å². The molecular weight excluding hydrogens is 298 g/mol. The van der Waals surface area contributed by atoms with E-state index in [1.54, 1.807) is 18.4 Å². The van der Waals surface area contributed by atoms with Gasteiger partial charge in [0.25, 0.3) is 0 Å². The maximum absolute atomic E-state index is 12.4. The summed E-state index contributed by atoms with van der Waals surface area (Å²) in [5.41, 5.74) is 0.932. The van der Waals surface area contributed by atoms with Gasteiger partial charge in [-0.05, 0) is 37.1 Å². The molecule has 0 unspecified atom stereocenters. The highest BCUT2D eigenvalue weighted by molar-refractivity contribution is 7.89. The molecule has 0 fully saturated rings. The lowest BCUT2D eigenvalue weighted by Gasteiger charge is -2.22. The van der Waals surface area contributed by atoms with Gasteiger partial charge in [-0.3, -0.25) is 0 Å². The van der Waals surface area contributed by atoms with Crippen LogP contribution < -0.4 is 4.72 Å². The van der Waals surface area contributed by atoms with Gasteiger partial charge in [0.2, 0.25) is 10.0 Å². The summed E-state index contributed by atoms with van der Waals surface area (Å²) >= 11 is 5.85. The number of hydrogen-bond acceptors (Lipinski definition) is 3. The topological polar surface area (TPSA) is 59.3 Å². The van der Waals surface area contributed by atoms with Gasteiger partial charge >= 0.3 is 0 Å². The average molecular weight is 312 g/mol. The smallest absolute Gasteiger partial charge is 0.241 e. The average Bonchev–Trinajstić information content (AvgIpc) is 2.88. The summed E-state index contributed by atoms with van der Waals surface area (Å²) in [6.45, 7) is 0. The SMILES string of the molecule is O=S(=O)(N[C@H]1CCCc2occc21)c1cccc(Cl)c1. The molecule has 1 aliphatic rings. The molecule has 3 rings (SSSR count). The van der Waals surface area contributed by atoms with Crippen molar-refractivity contribution >= 4 is 21.6 Å². The Labute approximate surface area is 122 Å². The molecule has 0 bridgehead atoms. The molecule has 0 saturated carbocycles. The van der Waals surface area contributed by atoms with Gasteiger partial charge in [-0.2, -0.15) is 0 Å². The van der Waals surface area contributed by atoms with Gasteiger partial charge in [0.1, 0.15) is 5.76 Å². The van der Waals surface area contributed by atoms with Crippen LogP contribution in [0.15, 0.2) is 45.9 Å². The summed E-state index contributed by atoms with van der Waals surface area (Å²) in [7, 11) is -3.58. The second-order valence-electron chi connectivity index (χ2n) is 4.82. The van der Waals surface area contributed by atoms with Crippen molar-refractivity contribution in [1.29, 1.82) is 0 Å². The fourth-order valence-corrected chi connectivity index (χ4v) is 4.05. The Morgan fingerprint density at radius 1 is 1.30 bits per heavy atom. The lowest BCUT2D eigenvalue weighted by atomic mass is 9.94. The molecule has 1 aliphatic carbocycles. The minimum atomic E-state index is -3.58. The molecule has 0 spiro atoms. The highest BCUT2D eigenvalue weighted by Crippen LogP contribution is 2.31. The largest absolute Gasteiger partial charge is 0.469 e. The summed E-state index contributed by atoms with van der Waals surface area (Å²) < 4.78 is 32.9. The maximum atomic E-state index is 12.4. The molecule has 20 heavy (non-hydrogen) atoms. The third-order valence-corrected chi connectivity index (χ3v) is 5.16. The summed E-state index contributed by atoms with van der Waals surface area (Å²) in [5, 5.41) is 0.403. The quantitative estimate of drug-likeness (QED) is 0.946. The van der Waals surface area contributed by atoms with Crippen LogP contribution in [0, 0.1) is 0 Å². The van der Waals surface area contributed by atoms with E-state index in [0.29, 0.717) is 5.02 Å². The van der Waals surface area contributed by atoms with Crippen molar-refractivity contribution in [3.63, 3.8) is 0 Å². The number of fused-ring (bicyclic) bond motifs is 1. The Hall–Kier alpha value is -1.30. The molecule has 1 aromatic carbocycles. The number of nitrogens with one attached hydrogen (secondary N) is 1. The normalized spacial score (nSPS) is 18.8. The van der Waals surface area contributed by atoms with Crippen molar-refractivity contribution in [3.8, 4) is 0 Å². The molecule has 6 heteroatoms. The van der Waals surface area contributed by atoms with Gasteiger partial charge in [0, 0.05) is 17.0 Å². The first kappa shape index (κ1) is 13.7. The minimum Gasteiger partial charge on any atom is -0.469 e. The number of halogens is 1. The lowest BCUT2D eigenvalue weighted by Crippen LogP contribution is -2.30. The van der Waals surface area contributed by atoms with Crippen LogP contribution in [-0.4, -0.2) is 8.42 Å².